The van der Waals surface area contributed by atoms with E-state index in [-0.39, 0.29) is 5.88 Å². The number of aromatic nitrogens is 3. The van der Waals surface area contributed by atoms with Crippen LogP contribution in [-0.4, -0.2) is 51.6 Å². The smallest absolute Gasteiger partial charge is 0.416 e. The van der Waals surface area contributed by atoms with E-state index in [1.54, 1.807) is 37.6 Å². The maximum Gasteiger partial charge on any atom is 0.416 e. The molecular formula is C26H26N4O5. The van der Waals surface area contributed by atoms with Gasteiger partial charge < -0.3 is 14.6 Å². The Bertz CT molecular complexity index is 1390. The molecular weight excluding hydrogens is 448 g/mol. The Hall–Kier alpha value is -4.40. The Morgan fingerprint density at radius 3 is 2.20 bits per heavy atom. The molecule has 0 aliphatic carbocycles. The third-order valence-corrected chi connectivity index (χ3v) is 5.34. The van der Waals surface area contributed by atoms with Gasteiger partial charge in [-0.3, -0.25) is 4.90 Å². The SMILES string of the molecule is COc1nccc2cc(-c3ccc(-c4ccc(N(C)C(=O)OC(C)(C)C)nc4)cc3)n(C(=O)O)c12. The second kappa shape index (κ2) is 9.09. The Kier molecular flexibility index (Phi) is 6.17. The molecule has 0 fully saturated rings. The normalized spacial score (nSPS) is 11.3. The standard InChI is InChI=1S/C26H26N4O5/c1-26(2,3)35-25(33)29(4)21-11-10-19(15-28-21)16-6-8-17(9-7-16)20-14-18-12-13-27-23(34-5)22(18)30(20)24(31)32/h6-15H,1-5H3,(H,31,32). The van der Waals surface area contributed by atoms with Crippen LogP contribution >= 0.6 is 0 Å². The molecule has 0 unspecified atom stereocenters. The number of pyridine rings is 2. The van der Waals surface area contributed by atoms with Crippen LogP contribution in [0.1, 0.15) is 20.8 Å². The number of ether oxygens (including phenoxy) is 2. The van der Waals surface area contributed by atoms with Crippen LogP contribution in [0.4, 0.5) is 15.4 Å². The Labute approximate surface area is 202 Å². The molecule has 1 N–H and O–H groups in total. The average molecular weight is 475 g/mol. The molecule has 0 bridgehead atoms. The van der Waals surface area contributed by atoms with Gasteiger partial charge in [0, 0.05) is 30.4 Å². The first-order valence-electron chi connectivity index (χ1n) is 10.9. The number of rotatable bonds is 4. The lowest BCUT2D eigenvalue weighted by atomic mass is 10.0. The molecule has 1 amide bonds. The van der Waals surface area contributed by atoms with E-state index >= 15 is 0 Å². The fourth-order valence-corrected chi connectivity index (χ4v) is 3.70. The van der Waals surface area contributed by atoms with Crippen molar-refractivity contribution in [2.24, 2.45) is 0 Å². The topological polar surface area (TPSA) is 107 Å². The van der Waals surface area contributed by atoms with Crippen molar-refractivity contribution in [2.75, 3.05) is 19.1 Å². The number of carbonyl (C=O) groups excluding carboxylic acids is 1. The van der Waals surface area contributed by atoms with Crippen LogP contribution < -0.4 is 9.64 Å². The summed E-state index contributed by atoms with van der Waals surface area (Å²) in [6.45, 7) is 5.42. The zero-order chi connectivity index (χ0) is 25.3. The lowest BCUT2D eigenvalue weighted by Crippen LogP contribution is -2.34. The summed E-state index contributed by atoms with van der Waals surface area (Å²) in [4.78, 5) is 34.2. The van der Waals surface area contributed by atoms with Gasteiger partial charge >= 0.3 is 12.2 Å². The molecule has 9 heteroatoms. The maximum atomic E-state index is 12.3. The number of carbonyl (C=O) groups is 2. The Balaban J connectivity index is 1.62. The minimum atomic E-state index is -1.13. The van der Waals surface area contributed by atoms with Crippen molar-refractivity contribution in [2.45, 2.75) is 26.4 Å². The fourth-order valence-electron chi connectivity index (χ4n) is 3.70. The van der Waals surface area contributed by atoms with Crippen molar-refractivity contribution in [3.8, 4) is 28.3 Å². The van der Waals surface area contributed by atoms with Crippen LogP contribution in [0.5, 0.6) is 5.88 Å². The van der Waals surface area contributed by atoms with Crippen LogP contribution in [0.25, 0.3) is 33.3 Å². The lowest BCUT2D eigenvalue weighted by molar-refractivity contribution is 0.0588. The molecule has 4 aromatic rings. The second-order valence-corrected chi connectivity index (χ2v) is 8.93. The predicted octanol–water partition coefficient (Wildman–Crippen LogP) is 5.67. The third-order valence-electron chi connectivity index (χ3n) is 5.34. The first-order chi connectivity index (χ1) is 16.6. The van der Waals surface area contributed by atoms with E-state index in [1.165, 1.54) is 16.6 Å². The summed E-state index contributed by atoms with van der Waals surface area (Å²) in [7, 11) is 3.07. The summed E-state index contributed by atoms with van der Waals surface area (Å²) in [6.07, 6.45) is 1.65. The molecule has 1 aromatic carbocycles. The summed E-state index contributed by atoms with van der Waals surface area (Å²) in [5.41, 5.74) is 2.78. The molecule has 0 radical (unpaired) electrons. The van der Waals surface area contributed by atoms with Gasteiger partial charge in [-0.25, -0.2) is 24.1 Å². The minimum Gasteiger partial charge on any atom is -0.479 e. The molecule has 0 atom stereocenters. The monoisotopic (exact) mass is 474 g/mol. The lowest BCUT2D eigenvalue weighted by Gasteiger charge is -2.24. The van der Waals surface area contributed by atoms with Gasteiger partial charge in [0.1, 0.15) is 16.9 Å². The Morgan fingerprint density at radius 1 is 0.971 bits per heavy atom. The number of fused-ring (bicyclic) bond motifs is 1. The predicted molar refractivity (Wildman–Crippen MR) is 133 cm³/mol. The van der Waals surface area contributed by atoms with E-state index in [0.717, 1.165) is 16.7 Å². The van der Waals surface area contributed by atoms with Gasteiger partial charge in [-0.1, -0.05) is 24.3 Å². The summed E-state index contributed by atoms with van der Waals surface area (Å²) in [6, 6.07) is 14.6. The summed E-state index contributed by atoms with van der Waals surface area (Å²) < 4.78 is 11.8. The van der Waals surface area contributed by atoms with Crippen molar-refractivity contribution in [3.05, 3.63) is 60.9 Å². The zero-order valence-electron chi connectivity index (χ0n) is 20.1. The van der Waals surface area contributed by atoms with Gasteiger partial charge in [-0.05, 0) is 56.2 Å². The van der Waals surface area contributed by atoms with Gasteiger partial charge in [-0.15, -0.1) is 0 Å². The Morgan fingerprint density at radius 2 is 1.63 bits per heavy atom. The molecule has 9 nitrogen and oxygen atoms in total. The van der Waals surface area contributed by atoms with Crippen molar-refractivity contribution < 1.29 is 24.2 Å². The van der Waals surface area contributed by atoms with E-state index in [1.807, 2.05) is 51.1 Å². The van der Waals surface area contributed by atoms with Gasteiger partial charge in [0.2, 0.25) is 5.88 Å². The van der Waals surface area contributed by atoms with Crippen molar-refractivity contribution >= 4 is 28.9 Å². The van der Waals surface area contributed by atoms with Crippen LogP contribution in [0, 0.1) is 0 Å². The highest BCUT2D eigenvalue weighted by Crippen LogP contribution is 2.33. The second-order valence-electron chi connectivity index (χ2n) is 8.93. The first-order valence-corrected chi connectivity index (χ1v) is 10.9. The van der Waals surface area contributed by atoms with E-state index in [9.17, 15) is 14.7 Å². The fraction of sp³-hybridized carbons (Fsp3) is 0.231. The molecule has 35 heavy (non-hydrogen) atoms. The number of hydrogen-bond donors (Lipinski definition) is 1. The zero-order valence-corrected chi connectivity index (χ0v) is 20.1. The van der Waals surface area contributed by atoms with Gasteiger partial charge in [0.15, 0.2) is 0 Å². The van der Waals surface area contributed by atoms with E-state index in [2.05, 4.69) is 9.97 Å². The molecule has 3 aromatic heterocycles. The van der Waals surface area contributed by atoms with Crippen molar-refractivity contribution in [1.82, 2.24) is 14.5 Å². The average Bonchev–Trinajstić information content (AvgIpc) is 3.23. The van der Waals surface area contributed by atoms with Crippen molar-refractivity contribution in [1.29, 1.82) is 0 Å². The van der Waals surface area contributed by atoms with Crippen LogP contribution in [-0.2, 0) is 4.74 Å². The van der Waals surface area contributed by atoms with Crippen LogP contribution in [0.2, 0.25) is 0 Å². The molecule has 0 aliphatic rings. The van der Waals surface area contributed by atoms with E-state index in [4.69, 9.17) is 9.47 Å². The van der Waals surface area contributed by atoms with E-state index < -0.39 is 17.8 Å². The minimum absolute atomic E-state index is 0.246. The quantitative estimate of drug-likeness (QED) is 0.406. The van der Waals surface area contributed by atoms with Crippen LogP contribution in [0.3, 0.4) is 0 Å². The number of nitrogens with zero attached hydrogens (tertiary/aromatic N) is 4. The van der Waals surface area contributed by atoms with Gasteiger partial charge in [-0.2, -0.15) is 0 Å². The van der Waals surface area contributed by atoms with Gasteiger partial charge in [0.25, 0.3) is 0 Å². The third kappa shape index (κ3) is 4.79. The van der Waals surface area contributed by atoms with E-state index in [0.29, 0.717) is 22.4 Å². The maximum absolute atomic E-state index is 12.3. The number of anilines is 1. The largest absolute Gasteiger partial charge is 0.479 e. The number of amides is 1. The molecule has 180 valence electrons. The first kappa shape index (κ1) is 23.7. The van der Waals surface area contributed by atoms with Crippen LogP contribution in [0.15, 0.2) is 60.9 Å². The number of carboxylic acid groups (broad SMARTS) is 1. The molecule has 0 saturated heterocycles. The number of methoxy groups -OCH3 is 1. The molecule has 0 aliphatic heterocycles. The van der Waals surface area contributed by atoms with Crippen molar-refractivity contribution in [3.63, 3.8) is 0 Å². The highest BCUT2D eigenvalue weighted by Gasteiger charge is 2.22. The molecule has 0 spiro atoms. The molecule has 0 saturated carbocycles. The summed E-state index contributed by atoms with van der Waals surface area (Å²) in [5.74, 6) is 0.712. The molecule has 3 heterocycles. The summed E-state index contributed by atoms with van der Waals surface area (Å²) in [5, 5.41) is 10.6. The molecule has 4 rings (SSSR count). The highest BCUT2D eigenvalue weighted by molar-refractivity contribution is 5.98. The number of benzene rings is 1. The highest BCUT2D eigenvalue weighted by atomic mass is 16.6. The summed E-state index contributed by atoms with van der Waals surface area (Å²) >= 11 is 0. The van der Waals surface area contributed by atoms with Gasteiger partial charge in [0.05, 0.1) is 12.8 Å². The number of hydrogen-bond acceptors (Lipinski definition) is 6.